The number of pyridine rings is 1. The summed E-state index contributed by atoms with van der Waals surface area (Å²) >= 11 is 0. The maximum absolute atomic E-state index is 5.25. The molecule has 0 N–H and O–H groups in total. The first-order valence-electron chi connectivity index (χ1n) is 15.6. The van der Waals surface area contributed by atoms with Crippen molar-refractivity contribution in [2.24, 2.45) is 0 Å². The van der Waals surface area contributed by atoms with Crippen LogP contribution < -0.4 is 0 Å². The van der Waals surface area contributed by atoms with Gasteiger partial charge in [0.05, 0.1) is 11.4 Å². The van der Waals surface area contributed by atoms with Crippen LogP contribution in [-0.4, -0.2) is 15.0 Å². The van der Waals surface area contributed by atoms with Crippen LogP contribution in [0.2, 0.25) is 0 Å². The van der Waals surface area contributed by atoms with E-state index >= 15 is 0 Å². The van der Waals surface area contributed by atoms with Crippen LogP contribution >= 0.6 is 0 Å². The van der Waals surface area contributed by atoms with Crippen LogP contribution in [0.5, 0.6) is 0 Å². The predicted molar refractivity (Wildman–Crippen MR) is 185 cm³/mol. The molecule has 6 aromatic rings. The first-order valence-corrected chi connectivity index (χ1v) is 15.6. The van der Waals surface area contributed by atoms with Gasteiger partial charge < -0.3 is 0 Å². The lowest BCUT2D eigenvalue weighted by Gasteiger charge is -2.22. The van der Waals surface area contributed by atoms with E-state index < -0.39 is 0 Å². The van der Waals surface area contributed by atoms with Crippen molar-refractivity contribution in [3.63, 3.8) is 0 Å². The summed E-state index contributed by atoms with van der Waals surface area (Å²) in [5.74, 6) is 0.878. The molecule has 1 unspecified atom stereocenters. The van der Waals surface area contributed by atoms with Gasteiger partial charge in [0.2, 0.25) is 0 Å². The number of aromatic nitrogens is 3. The van der Waals surface area contributed by atoms with Gasteiger partial charge in [0.1, 0.15) is 0 Å². The summed E-state index contributed by atoms with van der Waals surface area (Å²) in [6.45, 7) is 4.62. The molecule has 1 atom stereocenters. The lowest BCUT2D eigenvalue weighted by atomic mass is 9.82. The summed E-state index contributed by atoms with van der Waals surface area (Å²) in [5, 5.41) is 0. The standard InChI is InChI=1S/C42H33N3/c1-42(2)37-16-7-6-15-35(37)36-22-21-33(25-38(36)42)41-44-39(26-40(45-41)34-14-9-23-43-27-34)32-13-8-12-31(24-32)30-19-17-29(18-20-30)28-10-4-3-5-11-28/h3-23,25-27,32H,24H2,1-2H3. The van der Waals surface area contributed by atoms with Crippen LogP contribution in [-0.2, 0) is 5.41 Å². The molecule has 0 fully saturated rings. The topological polar surface area (TPSA) is 38.7 Å². The highest BCUT2D eigenvalue weighted by Crippen LogP contribution is 2.49. The summed E-state index contributed by atoms with van der Waals surface area (Å²) < 4.78 is 0. The highest BCUT2D eigenvalue weighted by molar-refractivity contribution is 5.83. The second-order valence-corrected chi connectivity index (χ2v) is 12.5. The Hall–Kier alpha value is -5.41. The fourth-order valence-corrected chi connectivity index (χ4v) is 6.89. The van der Waals surface area contributed by atoms with E-state index in [-0.39, 0.29) is 11.3 Å². The summed E-state index contributed by atoms with van der Waals surface area (Å²) in [6.07, 6.45) is 11.2. The molecule has 3 heteroatoms. The van der Waals surface area contributed by atoms with Gasteiger partial charge >= 0.3 is 0 Å². The van der Waals surface area contributed by atoms with Gasteiger partial charge in [-0.3, -0.25) is 4.98 Å². The summed E-state index contributed by atoms with van der Waals surface area (Å²) in [4.78, 5) is 14.8. The highest BCUT2D eigenvalue weighted by Gasteiger charge is 2.35. The van der Waals surface area contributed by atoms with Crippen LogP contribution in [0, 0.1) is 0 Å². The maximum Gasteiger partial charge on any atom is 0.160 e. The second kappa shape index (κ2) is 10.9. The first kappa shape index (κ1) is 27.2. The van der Waals surface area contributed by atoms with Crippen molar-refractivity contribution in [1.82, 2.24) is 15.0 Å². The Kier molecular flexibility index (Phi) is 6.60. The minimum atomic E-state index is -0.0897. The Labute approximate surface area is 264 Å². The molecule has 8 rings (SSSR count). The molecule has 3 nitrogen and oxygen atoms in total. The lowest BCUT2D eigenvalue weighted by molar-refractivity contribution is 0.660. The molecular weight excluding hydrogens is 546 g/mol. The van der Waals surface area contributed by atoms with Crippen molar-refractivity contribution in [2.45, 2.75) is 31.6 Å². The minimum Gasteiger partial charge on any atom is -0.264 e. The van der Waals surface area contributed by atoms with Crippen molar-refractivity contribution < 1.29 is 0 Å². The third-order valence-electron chi connectivity index (χ3n) is 9.37. The van der Waals surface area contributed by atoms with E-state index in [4.69, 9.17) is 9.97 Å². The van der Waals surface area contributed by atoms with Crippen LogP contribution in [0.15, 0.2) is 146 Å². The van der Waals surface area contributed by atoms with Crippen molar-refractivity contribution in [2.75, 3.05) is 0 Å². The van der Waals surface area contributed by atoms with Crippen LogP contribution in [0.3, 0.4) is 0 Å². The smallest absolute Gasteiger partial charge is 0.160 e. The van der Waals surface area contributed by atoms with Crippen molar-refractivity contribution in [3.8, 4) is 44.9 Å². The largest absolute Gasteiger partial charge is 0.264 e. The first-order chi connectivity index (χ1) is 22.0. The Balaban J connectivity index is 1.16. The van der Waals surface area contributed by atoms with E-state index in [1.54, 1.807) is 6.20 Å². The maximum atomic E-state index is 5.25. The highest BCUT2D eigenvalue weighted by atomic mass is 14.9. The zero-order valence-electron chi connectivity index (χ0n) is 25.5. The molecule has 0 amide bonds. The molecule has 0 bridgehead atoms. The molecule has 2 aliphatic rings. The van der Waals surface area contributed by atoms with Gasteiger partial charge in [-0.15, -0.1) is 0 Å². The molecule has 0 aliphatic heterocycles. The van der Waals surface area contributed by atoms with Gasteiger partial charge in [-0.25, -0.2) is 9.97 Å². The molecule has 216 valence electrons. The van der Waals surface area contributed by atoms with Crippen molar-refractivity contribution in [1.29, 1.82) is 0 Å². The number of hydrogen-bond acceptors (Lipinski definition) is 3. The predicted octanol–water partition coefficient (Wildman–Crippen LogP) is 10.3. The third kappa shape index (κ3) is 4.91. The van der Waals surface area contributed by atoms with E-state index in [0.717, 1.165) is 34.8 Å². The zero-order chi connectivity index (χ0) is 30.4. The molecule has 0 saturated carbocycles. The van der Waals surface area contributed by atoms with Gasteiger partial charge in [-0.2, -0.15) is 0 Å². The number of fused-ring (bicyclic) bond motifs is 3. The van der Waals surface area contributed by atoms with Crippen LogP contribution in [0.25, 0.3) is 50.5 Å². The molecule has 45 heavy (non-hydrogen) atoms. The molecular formula is C42H33N3. The minimum absolute atomic E-state index is 0.0897. The molecule has 2 aliphatic carbocycles. The molecule has 0 radical (unpaired) electrons. The Morgan fingerprint density at radius 2 is 1.33 bits per heavy atom. The normalized spacial score (nSPS) is 16.1. The fraction of sp³-hybridized carbons (Fsp3) is 0.119. The molecule has 0 spiro atoms. The van der Waals surface area contributed by atoms with Crippen molar-refractivity contribution in [3.05, 3.63) is 168 Å². The number of rotatable bonds is 5. The lowest BCUT2D eigenvalue weighted by Crippen LogP contribution is -2.15. The van der Waals surface area contributed by atoms with E-state index in [2.05, 4.69) is 146 Å². The average Bonchev–Trinajstić information content (AvgIpc) is 3.34. The molecule has 0 saturated heterocycles. The SMILES string of the molecule is CC1(C)c2ccccc2-c2ccc(-c3nc(-c4cccnc4)cc(C4C=CC=C(c5ccc(-c6ccccc6)cc5)C4)n3)cc21. The van der Waals surface area contributed by atoms with Crippen LogP contribution in [0.1, 0.15) is 48.6 Å². The number of benzene rings is 4. The Morgan fingerprint density at radius 3 is 2.16 bits per heavy atom. The number of hydrogen-bond donors (Lipinski definition) is 0. The summed E-state index contributed by atoms with van der Waals surface area (Å²) in [6, 6.07) is 41.1. The average molecular weight is 580 g/mol. The van der Waals surface area contributed by atoms with Gasteiger partial charge in [0.15, 0.2) is 5.82 Å². The molecule has 4 aromatic carbocycles. The van der Waals surface area contributed by atoms with E-state index in [9.17, 15) is 0 Å². The quantitative estimate of drug-likeness (QED) is 0.204. The van der Waals surface area contributed by atoms with E-state index in [1.165, 1.54) is 44.5 Å². The summed E-state index contributed by atoms with van der Waals surface area (Å²) in [7, 11) is 0. The number of nitrogens with zero attached hydrogens (tertiary/aromatic N) is 3. The number of allylic oxidation sites excluding steroid dienone is 4. The van der Waals surface area contributed by atoms with E-state index in [1.807, 2.05) is 12.3 Å². The summed E-state index contributed by atoms with van der Waals surface area (Å²) in [5.41, 5.74) is 14.2. The van der Waals surface area contributed by atoms with Gasteiger partial charge in [-0.1, -0.05) is 123 Å². The zero-order valence-corrected chi connectivity index (χ0v) is 25.5. The Morgan fingerprint density at radius 1 is 0.622 bits per heavy atom. The monoisotopic (exact) mass is 579 g/mol. The Bertz CT molecular complexity index is 2090. The van der Waals surface area contributed by atoms with Gasteiger partial charge in [-0.05, 0) is 75.2 Å². The molecule has 2 aromatic heterocycles. The van der Waals surface area contributed by atoms with Crippen LogP contribution in [0.4, 0.5) is 0 Å². The van der Waals surface area contributed by atoms with Crippen molar-refractivity contribution >= 4 is 5.57 Å². The van der Waals surface area contributed by atoms with Gasteiger partial charge in [0, 0.05) is 34.9 Å². The second-order valence-electron chi connectivity index (χ2n) is 12.5. The fourth-order valence-electron chi connectivity index (χ4n) is 6.89. The molecule has 2 heterocycles. The van der Waals surface area contributed by atoms with Gasteiger partial charge in [0.25, 0.3) is 0 Å². The third-order valence-corrected chi connectivity index (χ3v) is 9.37. The van der Waals surface area contributed by atoms with E-state index in [0.29, 0.717) is 0 Å².